The van der Waals surface area contributed by atoms with Crippen molar-refractivity contribution >= 4 is 8.80 Å². The van der Waals surface area contributed by atoms with Crippen LogP contribution in [0.5, 0.6) is 0 Å². The first-order valence-electron chi connectivity index (χ1n) is 5.68. The number of hydrogen-bond acceptors (Lipinski definition) is 6. The van der Waals surface area contributed by atoms with Crippen LogP contribution >= 0.6 is 0 Å². The molecule has 18 heavy (non-hydrogen) atoms. The summed E-state index contributed by atoms with van der Waals surface area (Å²) in [5, 5.41) is 0. The first-order valence-corrected chi connectivity index (χ1v) is 7.48. The average molecular weight is 280 g/mol. The summed E-state index contributed by atoms with van der Waals surface area (Å²) in [6.07, 6.45) is -1.45. The van der Waals surface area contributed by atoms with Gasteiger partial charge in [-0.15, -0.1) is 0 Å². The van der Waals surface area contributed by atoms with Gasteiger partial charge in [0.1, 0.15) is 18.9 Å². The van der Waals surface area contributed by atoms with Crippen molar-refractivity contribution in [2.75, 3.05) is 21.3 Å². The van der Waals surface area contributed by atoms with Crippen LogP contribution in [0.25, 0.3) is 0 Å². The molecule has 0 radical (unpaired) electrons. The molecule has 0 unspecified atom stereocenters. The van der Waals surface area contributed by atoms with E-state index in [2.05, 4.69) is 6.58 Å². The number of methoxy groups -OCH3 is 3. The Hall–Kier alpha value is -0.283. The molecule has 0 rings (SSSR count). The van der Waals surface area contributed by atoms with Crippen LogP contribution in [0.1, 0.15) is 20.8 Å². The quantitative estimate of drug-likeness (QED) is 0.448. The van der Waals surface area contributed by atoms with Gasteiger partial charge < -0.3 is 27.5 Å². The van der Waals surface area contributed by atoms with Crippen molar-refractivity contribution < 1.29 is 27.5 Å². The van der Waals surface area contributed by atoms with Crippen molar-refractivity contribution in [2.24, 2.45) is 0 Å². The molecule has 0 spiro atoms. The summed E-state index contributed by atoms with van der Waals surface area (Å²) in [5.41, 5.74) is 1.52. The minimum Gasteiger partial charge on any atom is -0.357 e. The van der Waals surface area contributed by atoms with Crippen LogP contribution in [-0.4, -0.2) is 49.0 Å². The van der Waals surface area contributed by atoms with E-state index in [1.807, 2.05) is 0 Å². The molecular formula is C11H24O6Si. The maximum absolute atomic E-state index is 5.68. The highest BCUT2D eigenvalue weighted by Crippen LogP contribution is 2.19. The lowest BCUT2D eigenvalue weighted by atomic mass is 10.8. The Morgan fingerprint density at radius 1 is 0.778 bits per heavy atom. The van der Waals surface area contributed by atoms with E-state index in [1.165, 1.54) is 27.0 Å². The second-order valence-electron chi connectivity index (χ2n) is 3.57. The lowest BCUT2D eigenvalue weighted by Crippen LogP contribution is -2.51. The summed E-state index contributed by atoms with van der Waals surface area (Å²) >= 11 is 0. The van der Waals surface area contributed by atoms with Crippen molar-refractivity contribution in [1.29, 1.82) is 0 Å². The Labute approximate surface area is 110 Å². The Balaban J connectivity index is 4.87. The molecule has 108 valence electrons. The third-order valence-corrected chi connectivity index (χ3v) is 4.72. The summed E-state index contributed by atoms with van der Waals surface area (Å²) < 4.78 is 32.2. The molecule has 6 nitrogen and oxygen atoms in total. The van der Waals surface area contributed by atoms with Crippen LogP contribution in [0, 0.1) is 0 Å². The molecule has 7 heteroatoms. The van der Waals surface area contributed by atoms with E-state index in [1.54, 1.807) is 20.8 Å². The van der Waals surface area contributed by atoms with Gasteiger partial charge in [-0.3, -0.25) is 0 Å². The summed E-state index contributed by atoms with van der Waals surface area (Å²) in [6, 6.07) is 0. The van der Waals surface area contributed by atoms with Crippen LogP contribution in [0.4, 0.5) is 0 Å². The Bertz CT molecular complexity index is 206. The van der Waals surface area contributed by atoms with E-state index < -0.39 is 27.7 Å². The first-order chi connectivity index (χ1) is 8.42. The SMILES string of the molecule is C=C[Si](O[C@@H](C)OC)(O[C@@H](C)OC)O[C@@H](C)OC. The molecule has 3 atom stereocenters. The highest BCUT2D eigenvalue weighted by Gasteiger charge is 2.43. The standard InChI is InChI=1S/C11H24O6Si/c1-8-18(15-9(2)12-5,16-10(3)13-6)17-11(4)14-7/h8-11H,1H2,2-7H3/t9-,10-,11-/m0/s1. The molecular weight excluding hydrogens is 256 g/mol. The van der Waals surface area contributed by atoms with Crippen LogP contribution in [0.15, 0.2) is 12.3 Å². The molecule has 0 N–H and O–H groups in total. The summed E-state index contributed by atoms with van der Waals surface area (Å²) in [6.45, 7) is 8.94. The summed E-state index contributed by atoms with van der Waals surface area (Å²) in [4.78, 5) is 0. The second kappa shape index (κ2) is 8.76. The highest BCUT2D eigenvalue weighted by atomic mass is 28.4. The lowest BCUT2D eigenvalue weighted by Gasteiger charge is -2.32. The van der Waals surface area contributed by atoms with E-state index in [0.29, 0.717) is 0 Å². The zero-order valence-electron chi connectivity index (χ0n) is 12.0. The fourth-order valence-electron chi connectivity index (χ4n) is 1.07. The van der Waals surface area contributed by atoms with Gasteiger partial charge >= 0.3 is 8.80 Å². The maximum Gasteiger partial charge on any atom is 0.534 e. The predicted molar refractivity (Wildman–Crippen MR) is 68.6 cm³/mol. The summed E-state index contributed by atoms with van der Waals surface area (Å²) in [5.74, 6) is 0. The first kappa shape index (κ1) is 17.7. The predicted octanol–water partition coefficient (Wildman–Crippen LogP) is 1.68. The van der Waals surface area contributed by atoms with Crippen LogP contribution < -0.4 is 0 Å². The number of ether oxygens (including phenoxy) is 3. The van der Waals surface area contributed by atoms with E-state index in [4.69, 9.17) is 27.5 Å². The molecule has 0 aliphatic carbocycles. The van der Waals surface area contributed by atoms with Crippen molar-refractivity contribution in [2.45, 2.75) is 39.6 Å². The lowest BCUT2D eigenvalue weighted by molar-refractivity contribution is -0.157. The minimum absolute atomic E-state index is 0.484. The smallest absolute Gasteiger partial charge is 0.357 e. The topological polar surface area (TPSA) is 55.4 Å². The number of hydrogen-bond donors (Lipinski definition) is 0. The molecule has 0 aromatic heterocycles. The average Bonchev–Trinajstić information content (AvgIpc) is 2.37. The van der Waals surface area contributed by atoms with E-state index in [-0.39, 0.29) is 0 Å². The number of rotatable bonds is 10. The van der Waals surface area contributed by atoms with Crippen molar-refractivity contribution in [1.82, 2.24) is 0 Å². The van der Waals surface area contributed by atoms with E-state index in [9.17, 15) is 0 Å². The maximum atomic E-state index is 5.68. The third kappa shape index (κ3) is 6.05. The summed E-state index contributed by atoms with van der Waals surface area (Å²) in [7, 11) is 1.47. The highest BCUT2D eigenvalue weighted by molar-refractivity contribution is 6.66. The Morgan fingerprint density at radius 2 is 1.06 bits per heavy atom. The molecule has 0 saturated carbocycles. The van der Waals surface area contributed by atoms with Crippen LogP contribution in [-0.2, 0) is 27.5 Å². The van der Waals surface area contributed by atoms with Crippen molar-refractivity contribution in [3.05, 3.63) is 12.3 Å². The molecule has 0 aromatic rings. The molecule has 0 bridgehead atoms. The Morgan fingerprint density at radius 3 is 1.22 bits per heavy atom. The van der Waals surface area contributed by atoms with E-state index in [0.717, 1.165) is 0 Å². The molecule has 0 aliphatic rings. The van der Waals surface area contributed by atoms with Crippen LogP contribution in [0.2, 0.25) is 0 Å². The van der Waals surface area contributed by atoms with Crippen LogP contribution in [0.3, 0.4) is 0 Å². The van der Waals surface area contributed by atoms with Gasteiger partial charge in [0, 0.05) is 21.3 Å². The second-order valence-corrected chi connectivity index (χ2v) is 5.89. The van der Waals surface area contributed by atoms with Gasteiger partial charge in [-0.1, -0.05) is 6.58 Å². The molecule has 0 aliphatic heterocycles. The van der Waals surface area contributed by atoms with Crippen molar-refractivity contribution in [3.8, 4) is 0 Å². The fraction of sp³-hybridized carbons (Fsp3) is 0.818. The largest absolute Gasteiger partial charge is 0.534 e. The van der Waals surface area contributed by atoms with Gasteiger partial charge in [-0.05, 0) is 26.5 Å². The molecule has 0 fully saturated rings. The molecule has 0 heterocycles. The molecule has 0 amide bonds. The van der Waals surface area contributed by atoms with Gasteiger partial charge in [0.15, 0.2) is 0 Å². The third-order valence-electron chi connectivity index (χ3n) is 2.24. The fourth-order valence-corrected chi connectivity index (χ4v) is 3.20. The van der Waals surface area contributed by atoms with Gasteiger partial charge in [0.2, 0.25) is 0 Å². The van der Waals surface area contributed by atoms with Gasteiger partial charge in [-0.2, -0.15) is 0 Å². The van der Waals surface area contributed by atoms with Gasteiger partial charge in [-0.25, -0.2) is 0 Å². The van der Waals surface area contributed by atoms with E-state index >= 15 is 0 Å². The molecule has 0 aromatic carbocycles. The van der Waals surface area contributed by atoms with Gasteiger partial charge in [0.05, 0.1) is 0 Å². The molecule has 0 saturated heterocycles. The minimum atomic E-state index is -3.13. The van der Waals surface area contributed by atoms with Crippen molar-refractivity contribution in [3.63, 3.8) is 0 Å². The zero-order chi connectivity index (χ0) is 14.2. The normalized spacial score (nSPS) is 17.2. The Kier molecular flexibility index (Phi) is 8.62. The zero-order valence-corrected chi connectivity index (χ0v) is 13.0. The monoisotopic (exact) mass is 280 g/mol. The van der Waals surface area contributed by atoms with Gasteiger partial charge in [0.25, 0.3) is 0 Å².